The van der Waals surface area contributed by atoms with E-state index in [1.807, 2.05) is 20.8 Å². The van der Waals surface area contributed by atoms with Crippen LogP contribution < -0.4 is 10.6 Å². The number of hydrogen-bond donors (Lipinski definition) is 2. The topological polar surface area (TPSA) is 77.4 Å². The molecule has 1 amide bonds. The number of nitrogens with zero attached hydrogens (tertiary/aromatic N) is 2. The Morgan fingerprint density at radius 1 is 1.45 bits per heavy atom. The van der Waals surface area contributed by atoms with Crippen LogP contribution in [0.15, 0.2) is 6.20 Å². The summed E-state index contributed by atoms with van der Waals surface area (Å²) in [6.45, 7) is 8.91. The number of hydrogen-bond acceptors (Lipinski definition) is 5. The summed E-state index contributed by atoms with van der Waals surface area (Å²) in [6.07, 6.45) is 2.18. The van der Waals surface area contributed by atoms with E-state index in [0.29, 0.717) is 25.0 Å². The molecule has 0 spiro atoms. The number of anilines is 1. The minimum Gasteiger partial charge on any atom is -0.444 e. The van der Waals surface area contributed by atoms with Crippen molar-refractivity contribution in [3.8, 4) is 0 Å². The Morgan fingerprint density at radius 2 is 2.14 bits per heavy atom. The predicted molar refractivity (Wildman–Crippen MR) is 85.9 cm³/mol. The molecule has 0 saturated carbocycles. The molecule has 1 heterocycles. The standard InChI is InChI=1S/C15H28N4O3/c1-11(7-8-21-6)16-9-12-10-17-19(5)13(12)18-14(20)22-15(2,3)4/h10-11,16H,7-9H2,1-6H3,(H,18,20). The van der Waals surface area contributed by atoms with Gasteiger partial charge in [-0.2, -0.15) is 5.10 Å². The van der Waals surface area contributed by atoms with E-state index >= 15 is 0 Å². The Bertz CT molecular complexity index is 480. The van der Waals surface area contributed by atoms with Crippen molar-refractivity contribution in [2.24, 2.45) is 7.05 Å². The average molecular weight is 312 g/mol. The minimum absolute atomic E-state index is 0.314. The van der Waals surface area contributed by atoms with E-state index in [9.17, 15) is 4.79 Å². The molecule has 22 heavy (non-hydrogen) atoms. The fraction of sp³-hybridized carbons (Fsp3) is 0.733. The second-order valence-electron chi connectivity index (χ2n) is 6.33. The maximum absolute atomic E-state index is 11.9. The zero-order valence-electron chi connectivity index (χ0n) is 14.4. The van der Waals surface area contributed by atoms with Gasteiger partial charge in [-0.05, 0) is 34.1 Å². The Kier molecular flexibility index (Phi) is 6.83. The van der Waals surface area contributed by atoms with Gasteiger partial charge in [0.15, 0.2) is 0 Å². The predicted octanol–water partition coefficient (Wildman–Crippen LogP) is 2.28. The van der Waals surface area contributed by atoms with E-state index in [1.165, 1.54) is 0 Å². The molecule has 0 aliphatic carbocycles. The molecule has 1 unspecified atom stereocenters. The van der Waals surface area contributed by atoms with Crippen molar-refractivity contribution in [2.75, 3.05) is 19.0 Å². The Labute approximate surface area is 132 Å². The van der Waals surface area contributed by atoms with E-state index < -0.39 is 11.7 Å². The SMILES string of the molecule is COCCC(C)NCc1cnn(C)c1NC(=O)OC(C)(C)C. The molecule has 0 saturated heterocycles. The van der Waals surface area contributed by atoms with E-state index in [4.69, 9.17) is 9.47 Å². The van der Waals surface area contributed by atoms with Crippen LogP contribution in [0.3, 0.4) is 0 Å². The summed E-state index contributed by atoms with van der Waals surface area (Å²) in [7, 11) is 3.47. The summed E-state index contributed by atoms with van der Waals surface area (Å²) in [5, 5.41) is 10.3. The first-order chi connectivity index (χ1) is 10.2. The first-order valence-corrected chi connectivity index (χ1v) is 7.46. The summed E-state index contributed by atoms with van der Waals surface area (Å²) in [5.41, 5.74) is 0.382. The highest BCUT2D eigenvalue weighted by atomic mass is 16.6. The van der Waals surface area contributed by atoms with Crippen molar-refractivity contribution in [1.29, 1.82) is 0 Å². The van der Waals surface area contributed by atoms with Crippen LogP contribution in [0.4, 0.5) is 10.6 Å². The van der Waals surface area contributed by atoms with Crippen LogP contribution in [-0.4, -0.2) is 41.2 Å². The monoisotopic (exact) mass is 312 g/mol. The normalized spacial score (nSPS) is 13.0. The highest BCUT2D eigenvalue weighted by molar-refractivity contribution is 5.84. The van der Waals surface area contributed by atoms with Crippen LogP contribution >= 0.6 is 0 Å². The van der Waals surface area contributed by atoms with Crippen molar-refractivity contribution in [3.63, 3.8) is 0 Å². The van der Waals surface area contributed by atoms with Crippen molar-refractivity contribution in [1.82, 2.24) is 15.1 Å². The lowest BCUT2D eigenvalue weighted by atomic mass is 10.2. The molecule has 1 atom stereocenters. The molecule has 0 aromatic carbocycles. The average Bonchev–Trinajstić information content (AvgIpc) is 2.73. The van der Waals surface area contributed by atoms with Crippen molar-refractivity contribution < 1.29 is 14.3 Å². The largest absolute Gasteiger partial charge is 0.444 e. The number of rotatable bonds is 7. The molecule has 7 heteroatoms. The van der Waals surface area contributed by atoms with Gasteiger partial charge in [-0.15, -0.1) is 0 Å². The number of carbonyl (C=O) groups is 1. The number of methoxy groups -OCH3 is 1. The second kappa shape index (κ2) is 8.14. The van der Waals surface area contributed by atoms with Gasteiger partial charge in [0.25, 0.3) is 0 Å². The summed E-state index contributed by atoms with van der Waals surface area (Å²) in [6, 6.07) is 0.314. The molecule has 1 aromatic heterocycles. The first-order valence-electron chi connectivity index (χ1n) is 7.46. The number of carbonyl (C=O) groups excluding carboxylic acids is 1. The molecule has 1 aromatic rings. The molecule has 126 valence electrons. The zero-order chi connectivity index (χ0) is 16.8. The zero-order valence-corrected chi connectivity index (χ0v) is 14.4. The van der Waals surface area contributed by atoms with E-state index in [-0.39, 0.29) is 0 Å². The van der Waals surface area contributed by atoms with Crippen LogP contribution in [0.1, 0.15) is 39.7 Å². The lowest BCUT2D eigenvalue weighted by Crippen LogP contribution is -2.29. The lowest BCUT2D eigenvalue weighted by Gasteiger charge is -2.20. The lowest BCUT2D eigenvalue weighted by molar-refractivity contribution is 0.0634. The van der Waals surface area contributed by atoms with E-state index in [2.05, 4.69) is 22.7 Å². The third-order valence-electron chi connectivity index (χ3n) is 3.03. The van der Waals surface area contributed by atoms with Gasteiger partial charge in [0.1, 0.15) is 11.4 Å². The Morgan fingerprint density at radius 3 is 2.73 bits per heavy atom. The van der Waals surface area contributed by atoms with Crippen LogP contribution in [-0.2, 0) is 23.1 Å². The summed E-state index contributed by atoms with van der Waals surface area (Å²) >= 11 is 0. The van der Waals surface area contributed by atoms with Crippen molar-refractivity contribution in [3.05, 3.63) is 11.8 Å². The van der Waals surface area contributed by atoms with Crippen molar-refractivity contribution in [2.45, 2.75) is 52.3 Å². The number of aromatic nitrogens is 2. The molecule has 0 aliphatic heterocycles. The molecule has 0 aliphatic rings. The van der Waals surface area contributed by atoms with Crippen LogP contribution in [0, 0.1) is 0 Å². The molecule has 0 fully saturated rings. The number of amides is 1. The quantitative estimate of drug-likeness (QED) is 0.807. The second-order valence-corrected chi connectivity index (χ2v) is 6.33. The smallest absolute Gasteiger partial charge is 0.413 e. The Balaban J connectivity index is 2.61. The van der Waals surface area contributed by atoms with Gasteiger partial charge < -0.3 is 14.8 Å². The molecule has 2 N–H and O–H groups in total. The molecular weight excluding hydrogens is 284 g/mol. The molecule has 0 radical (unpaired) electrons. The van der Waals surface area contributed by atoms with Gasteiger partial charge in [0.05, 0.1) is 6.20 Å². The molecular formula is C15H28N4O3. The summed E-state index contributed by atoms with van der Waals surface area (Å²) in [4.78, 5) is 11.9. The van der Waals surface area contributed by atoms with Crippen LogP contribution in [0.2, 0.25) is 0 Å². The van der Waals surface area contributed by atoms with Crippen molar-refractivity contribution >= 4 is 11.9 Å². The van der Waals surface area contributed by atoms with E-state index in [0.717, 1.165) is 12.0 Å². The van der Waals surface area contributed by atoms with E-state index in [1.54, 1.807) is 25.0 Å². The van der Waals surface area contributed by atoms with Gasteiger partial charge in [-0.25, -0.2) is 4.79 Å². The van der Waals surface area contributed by atoms with Gasteiger partial charge in [-0.1, -0.05) is 0 Å². The van der Waals surface area contributed by atoms with Gasteiger partial charge in [0.2, 0.25) is 0 Å². The highest BCUT2D eigenvalue weighted by Crippen LogP contribution is 2.16. The third-order valence-corrected chi connectivity index (χ3v) is 3.03. The number of aryl methyl sites for hydroxylation is 1. The van der Waals surface area contributed by atoms with Gasteiger partial charge in [0, 0.05) is 38.9 Å². The highest BCUT2D eigenvalue weighted by Gasteiger charge is 2.19. The maximum Gasteiger partial charge on any atom is 0.413 e. The number of ether oxygens (including phenoxy) is 2. The van der Waals surface area contributed by atoms with Gasteiger partial charge >= 0.3 is 6.09 Å². The first kappa shape index (κ1) is 18.4. The number of nitrogens with one attached hydrogen (secondary N) is 2. The summed E-state index contributed by atoms with van der Waals surface area (Å²) < 4.78 is 12.0. The maximum atomic E-state index is 11.9. The minimum atomic E-state index is -0.532. The molecule has 0 bridgehead atoms. The third kappa shape index (κ3) is 6.44. The summed E-state index contributed by atoms with van der Waals surface area (Å²) in [5.74, 6) is 0.640. The fourth-order valence-electron chi connectivity index (χ4n) is 1.85. The fourth-order valence-corrected chi connectivity index (χ4v) is 1.85. The van der Waals surface area contributed by atoms with Crippen LogP contribution in [0.25, 0.3) is 0 Å². The molecule has 7 nitrogen and oxygen atoms in total. The van der Waals surface area contributed by atoms with Gasteiger partial charge in [-0.3, -0.25) is 10.00 Å². The van der Waals surface area contributed by atoms with Crippen LogP contribution in [0.5, 0.6) is 0 Å². The molecule has 1 rings (SSSR count). The Hall–Kier alpha value is -1.60.